The van der Waals surface area contributed by atoms with E-state index in [0.29, 0.717) is 0 Å². The van der Waals surface area contributed by atoms with Crippen molar-refractivity contribution in [3.05, 3.63) is 173 Å². The van der Waals surface area contributed by atoms with Crippen molar-refractivity contribution in [3.8, 4) is 44.5 Å². The van der Waals surface area contributed by atoms with Gasteiger partial charge in [-0.3, -0.25) is 0 Å². The molecule has 262 valence electrons. The summed E-state index contributed by atoms with van der Waals surface area (Å²) >= 11 is 0. The summed E-state index contributed by atoms with van der Waals surface area (Å²) in [6, 6.07) is 50.8. The molecule has 0 saturated carbocycles. The normalized spacial score (nSPS) is 15.7. The van der Waals surface area contributed by atoms with Crippen LogP contribution in [0.3, 0.4) is 0 Å². The van der Waals surface area contributed by atoms with Gasteiger partial charge in [-0.05, 0) is 142 Å². The van der Waals surface area contributed by atoms with E-state index in [1.54, 1.807) is 0 Å². The largest absolute Gasteiger partial charge is 0.456 e. The molecular weight excluding hydrogens is 665 g/mol. The minimum Gasteiger partial charge on any atom is -0.456 e. The van der Waals surface area contributed by atoms with E-state index < -0.39 is 0 Å². The lowest BCUT2D eigenvalue weighted by atomic mass is 9.80. The summed E-state index contributed by atoms with van der Waals surface area (Å²) in [5.74, 6) is 1.02. The van der Waals surface area contributed by atoms with E-state index in [9.17, 15) is 0 Å². The molecule has 8 aromatic carbocycles. The average Bonchev–Trinajstić information content (AvgIpc) is 3.79. The van der Waals surface area contributed by atoms with Crippen LogP contribution in [0, 0.1) is 0 Å². The van der Waals surface area contributed by atoms with Crippen LogP contribution in [0.1, 0.15) is 67.7 Å². The molecule has 3 aliphatic rings. The van der Waals surface area contributed by atoms with Crippen LogP contribution in [0.4, 0.5) is 0 Å². The van der Waals surface area contributed by atoms with Crippen molar-refractivity contribution in [1.29, 1.82) is 0 Å². The standard InChI is InChI=1S/C54H40O/c1-53(2)43-19-11-9-13-33(43)42-29-31(22-26-44(42)53)49-34-14-5-7-16-36(34)50(37-17-8-6-15-35(37)49)32-21-23-40-46(30-32)54(3,4)45-27-24-39-38(51(40)45)25-28-48-52(39)41-18-10-12-20-47(41)55-48/h5-9,11-17,19-30H,10,18H2,1-4H3. The van der Waals surface area contributed by atoms with Gasteiger partial charge in [-0.2, -0.15) is 0 Å². The second-order valence-electron chi connectivity index (χ2n) is 17.1. The zero-order chi connectivity index (χ0) is 36.8. The van der Waals surface area contributed by atoms with Gasteiger partial charge in [0.15, 0.2) is 0 Å². The number of rotatable bonds is 2. The van der Waals surface area contributed by atoms with E-state index in [1.165, 1.54) is 110 Å². The van der Waals surface area contributed by atoms with Gasteiger partial charge in [0.1, 0.15) is 11.3 Å². The molecule has 0 radical (unpaired) electrons. The Labute approximate surface area is 321 Å². The number of furan rings is 1. The number of aryl methyl sites for hydroxylation is 1. The van der Waals surface area contributed by atoms with E-state index in [0.717, 1.165) is 24.2 Å². The molecule has 0 spiro atoms. The quantitative estimate of drug-likeness (QED) is 0.163. The first-order chi connectivity index (χ1) is 26.8. The first-order valence-electron chi connectivity index (χ1n) is 19.8. The molecule has 0 bridgehead atoms. The topological polar surface area (TPSA) is 13.1 Å². The van der Waals surface area contributed by atoms with Crippen LogP contribution in [-0.2, 0) is 17.3 Å². The van der Waals surface area contributed by atoms with Crippen LogP contribution in [-0.4, -0.2) is 0 Å². The minimum atomic E-state index is -0.150. The third-order valence-corrected chi connectivity index (χ3v) is 13.5. The van der Waals surface area contributed by atoms with Gasteiger partial charge in [-0.15, -0.1) is 0 Å². The second-order valence-corrected chi connectivity index (χ2v) is 17.1. The molecule has 0 N–H and O–H groups in total. The summed E-state index contributed by atoms with van der Waals surface area (Å²) in [6.45, 7) is 9.53. The Morgan fingerprint density at radius 2 is 1.04 bits per heavy atom. The van der Waals surface area contributed by atoms with Crippen LogP contribution in [0.15, 0.2) is 144 Å². The Bertz CT molecular complexity index is 3140. The molecule has 0 saturated heterocycles. The van der Waals surface area contributed by atoms with Crippen molar-refractivity contribution in [2.24, 2.45) is 0 Å². The van der Waals surface area contributed by atoms with Crippen molar-refractivity contribution in [2.75, 3.05) is 0 Å². The van der Waals surface area contributed by atoms with Gasteiger partial charge in [-0.1, -0.05) is 143 Å². The first kappa shape index (κ1) is 31.2. The molecule has 9 aromatic rings. The molecule has 1 heteroatoms. The highest BCUT2D eigenvalue weighted by atomic mass is 16.3. The van der Waals surface area contributed by atoms with Crippen LogP contribution < -0.4 is 0 Å². The molecule has 0 aliphatic heterocycles. The zero-order valence-corrected chi connectivity index (χ0v) is 31.7. The molecule has 0 unspecified atom stereocenters. The van der Waals surface area contributed by atoms with Gasteiger partial charge in [0, 0.05) is 21.8 Å². The number of benzene rings is 8. The molecule has 0 fully saturated rings. The molecular formula is C54H40O. The minimum absolute atomic E-state index is 0.0196. The first-order valence-corrected chi connectivity index (χ1v) is 19.8. The van der Waals surface area contributed by atoms with E-state index in [1.807, 2.05) is 0 Å². The van der Waals surface area contributed by atoms with Crippen molar-refractivity contribution < 1.29 is 4.42 Å². The van der Waals surface area contributed by atoms with Gasteiger partial charge >= 0.3 is 0 Å². The summed E-state index contributed by atoms with van der Waals surface area (Å²) in [5, 5.41) is 9.07. The molecule has 0 amide bonds. The molecule has 55 heavy (non-hydrogen) atoms. The molecule has 12 rings (SSSR count). The van der Waals surface area contributed by atoms with Gasteiger partial charge in [-0.25, -0.2) is 0 Å². The number of hydrogen-bond donors (Lipinski definition) is 0. The third kappa shape index (κ3) is 4.03. The number of fused-ring (bicyclic) bond motifs is 14. The Morgan fingerprint density at radius 3 is 1.78 bits per heavy atom. The van der Waals surface area contributed by atoms with Crippen LogP contribution in [0.2, 0.25) is 0 Å². The Kier molecular flexibility index (Phi) is 6.09. The monoisotopic (exact) mass is 704 g/mol. The summed E-state index contributed by atoms with van der Waals surface area (Å²) < 4.78 is 6.35. The second kappa shape index (κ2) is 10.7. The highest BCUT2D eigenvalue weighted by Crippen LogP contribution is 2.55. The number of allylic oxidation sites excluding steroid dienone is 1. The van der Waals surface area contributed by atoms with Crippen molar-refractivity contribution >= 4 is 49.4 Å². The van der Waals surface area contributed by atoms with E-state index in [4.69, 9.17) is 4.42 Å². The predicted octanol–water partition coefficient (Wildman–Crippen LogP) is 14.8. The lowest BCUT2D eigenvalue weighted by molar-refractivity contribution is 0.595. The third-order valence-electron chi connectivity index (χ3n) is 13.5. The van der Waals surface area contributed by atoms with Crippen molar-refractivity contribution in [2.45, 2.75) is 51.4 Å². The molecule has 1 aromatic heterocycles. The lowest BCUT2D eigenvalue weighted by Crippen LogP contribution is -2.15. The fourth-order valence-electron chi connectivity index (χ4n) is 10.9. The predicted molar refractivity (Wildman–Crippen MR) is 232 cm³/mol. The Hall–Kier alpha value is -6.18. The Balaban J connectivity index is 1.08. The SMILES string of the molecule is CC1(C)c2ccccc2-c2cc(-c3c4ccccc4c(-c4ccc5c(c4)C(C)(C)c4ccc6c(ccc7oc8c(c76)CCC=C8)c4-5)c4ccccc34)ccc21. The maximum atomic E-state index is 6.35. The number of hydrogen-bond acceptors (Lipinski definition) is 1. The van der Waals surface area contributed by atoms with Crippen molar-refractivity contribution in [1.82, 2.24) is 0 Å². The van der Waals surface area contributed by atoms with Crippen LogP contribution >= 0.6 is 0 Å². The van der Waals surface area contributed by atoms with E-state index in [-0.39, 0.29) is 10.8 Å². The fraction of sp³-hybridized carbons (Fsp3) is 0.148. The maximum absolute atomic E-state index is 6.35. The Morgan fingerprint density at radius 1 is 0.455 bits per heavy atom. The van der Waals surface area contributed by atoms with Gasteiger partial charge < -0.3 is 4.42 Å². The van der Waals surface area contributed by atoms with E-state index >= 15 is 0 Å². The summed E-state index contributed by atoms with van der Waals surface area (Å²) in [7, 11) is 0. The molecule has 0 atom stereocenters. The molecule has 1 heterocycles. The van der Waals surface area contributed by atoms with Gasteiger partial charge in [0.2, 0.25) is 0 Å². The van der Waals surface area contributed by atoms with Gasteiger partial charge in [0.25, 0.3) is 0 Å². The average molecular weight is 705 g/mol. The van der Waals surface area contributed by atoms with Gasteiger partial charge in [0.05, 0.1) is 0 Å². The highest BCUT2D eigenvalue weighted by Gasteiger charge is 2.38. The summed E-state index contributed by atoms with van der Waals surface area (Å²) in [5.41, 5.74) is 18.4. The van der Waals surface area contributed by atoms with Crippen molar-refractivity contribution in [3.63, 3.8) is 0 Å². The smallest absolute Gasteiger partial charge is 0.135 e. The zero-order valence-electron chi connectivity index (χ0n) is 31.7. The summed E-state index contributed by atoms with van der Waals surface area (Å²) in [6.07, 6.45) is 6.48. The summed E-state index contributed by atoms with van der Waals surface area (Å²) in [4.78, 5) is 0. The van der Waals surface area contributed by atoms with E-state index in [2.05, 4.69) is 173 Å². The van der Waals surface area contributed by atoms with Crippen LogP contribution in [0.25, 0.3) is 93.9 Å². The van der Waals surface area contributed by atoms with Crippen LogP contribution in [0.5, 0.6) is 0 Å². The highest BCUT2D eigenvalue weighted by molar-refractivity contribution is 6.22. The molecule has 1 nitrogen and oxygen atoms in total. The lowest BCUT2D eigenvalue weighted by Gasteiger charge is -2.23. The maximum Gasteiger partial charge on any atom is 0.135 e. The molecule has 3 aliphatic carbocycles. The fourth-order valence-corrected chi connectivity index (χ4v) is 10.9.